The number of aryl methyl sites for hydroxylation is 3. The molecule has 208 valence electrons. The van der Waals surface area contributed by atoms with Crippen molar-refractivity contribution in [3.8, 4) is 22.8 Å². The predicted molar refractivity (Wildman–Crippen MR) is 153 cm³/mol. The zero-order valence-corrected chi connectivity index (χ0v) is 23.2. The quantitative estimate of drug-likeness (QED) is 0.256. The number of carbonyl (C=O) groups is 1. The van der Waals surface area contributed by atoms with Crippen LogP contribution in [0.15, 0.2) is 55.6 Å². The minimum atomic E-state index is -0.479. The third-order valence-corrected chi connectivity index (χ3v) is 8.58. The lowest BCUT2D eigenvalue weighted by Crippen LogP contribution is -2.46. The van der Waals surface area contributed by atoms with Gasteiger partial charge in [-0.05, 0) is 75.4 Å². The molecule has 0 radical (unpaired) electrons. The lowest BCUT2D eigenvalue weighted by atomic mass is 9.97. The van der Waals surface area contributed by atoms with E-state index in [4.69, 9.17) is 9.84 Å². The molecule has 1 amide bonds. The van der Waals surface area contributed by atoms with E-state index in [2.05, 4.69) is 21.5 Å². The molecule has 5 heterocycles. The summed E-state index contributed by atoms with van der Waals surface area (Å²) in [6, 6.07) is 9.26. The summed E-state index contributed by atoms with van der Waals surface area (Å²) in [6.07, 6.45) is 8.21. The van der Waals surface area contributed by atoms with Gasteiger partial charge in [0.15, 0.2) is 17.2 Å². The number of imidazole rings is 1. The zero-order valence-electron chi connectivity index (χ0n) is 23.2. The van der Waals surface area contributed by atoms with Crippen LogP contribution in [0.2, 0.25) is 0 Å². The zero-order chi connectivity index (χ0) is 28.4. The number of hydrogen-bond donors (Lipinski definition) is 0. The molecule has 7 rings (SSSR count). The number of fused-ring (bicyclic) bond motifs is 4. The van der Waals surface area contributed by atoms with E-state index in [1.54, 1.807) is 18.7 Å². The number of hydrogen-bond acceptors (Lipinski definition) is 6. The molecule has 2 aromatic carbocycles. The van der Waals surface area contributed by atoms with Crippen molar-refractivity contribution in [3.05, 3.63) is 72.7 Å². The normalized spacial score (nSPS) is 20.2. The van der Waals surface area contributed by atoms with Gasteiger partial charge in [-0.1, -0.05) is 6.58 Å². The van der Waals surface area contributed by atoms with Crippen LogP contribution >= 0.6 is 0 Å². The van der Waals surface area contributed by atoms with Crippen LogP contribution in [0, 0.1) is 19.7 Å². The Balaban J connectivity index is 1.25. The second kappa shape index (κ2) is 9.50. The Kier molecular flexibility index (Phi) is 5.88. The lowest BCUT2D eigenvalue weighted by Gasteiger charge is -2.38. The predicted octanol–water partition coefficient (Wildman–Crippen LogP) is 5.81. The molecule has 3 aromatic heterocycles. The number of halogens is 1. The SMILES string of the molecule is C=CC(=O)N1[C@@H]2CC[C@H]1CC(n1nc(-c3cc(C)c(Oc4ccc5c(c4)ncn5C)c(F)c3)c3c(C)ncnc31)C2. The molecular formula is C31H30FN7O2. The van der Waals surface area contributed by atoms with Gasteiger partial charge in [0.25, 0.3) is 0 Å². The first-order chi connectivity index (χ1) is 19.8. The van der Waals surface area contributed by atoms with E-state index in [-0.39, 0.29) is 29.8 Å². The molecule has 5 aromatic rings. The van der Waals surface area contributed by atoms with Crippen molar-refractivity contribution in [1.29, 1.82) is 0 Å². The lowest BCUT2D eigenvalue weighted by molar-refractivity contribution is -0.130. The molecule has 2 bridgehead atoms. The first-order valence-electron chi connectivity index (χ1n) is 13.9. The number of piperidine rings is 1. The summed E-state index contributed by atoms with van der Waals surface area (Å²) in [5, 5.41) is 5.84. The maximum atomic E-state index is 15.7. The van der Waals surface area contributed by atoms with Crippen LogP contribution in [0.3, 0.4) is 0 Å². The van der Waals surface area contributed by atoms with Gasteiger partial charge in [0.1, 0.15) is 17.8 Å². The highest BCUT2D eigenvalue weighted by molar-refractivity contribution is 5.93. The maximum Gasteiger partial charge on any atom is 0.246 e. The van der Waals surface area contributed by atoms with Crippen molar-refractivity contribution in [1.82, 2.24) is 34.2 Å². The Labute approximate surface area is 236 Å². The molecule has 2 fully saturated rings. The third kappa shape index (κ3) is 4.08. The molecular weight excluding hydrogens is 521 g/mol. The first-order valence-corrected chi connectivity index (χ1v) is 13.9. The van der Waals surface area contributed by atoms with Crippen molar-refractivity contribution in [2.24, 2.45) is 7.05 Å². The fraction of sp³-hybridized carbons (Fsp3) is 0.323. The van der Waals surface area contributed by atoms with Gasteiger partial charge in [0.2, 0.25) is 5.91 Å². The number of carbonyl (C=O) groups excluding carboxylic acids is 1. The standard InChI is InChI=1S/C31H30FN7O2/c1-5-27(40)38-20-6-7-21(38)13-22(12-20)39-31-28(18(3)33-15-34-31)29(36-39)19-10-17(2)30(24(32)11-19)41-23-8-9-26-25(14-23)35-16-37(26)4/h5,8-11,14-16,20-22H,1,6-7,12-13H2,2-4H3/t20-,21+,22?. The summed E-state index contributed by atoms with van der Waals surface area (Å²) in [7, 11) is 1.92. The Morgan fingerprint density at radius 1 is 1.07 bits per heavy atom. The summed E-state index contributed by atoms with van der Waals surface area (Å²) in [5.41, 5.74) is 5.17. The summed E-state index contributed by atoms with van der Waals surface area (Å²) < 4.78 is 25.6. The topological polar surface area (TPSA) is 91.0 Å². The fourth-order valence-electron chi connectivity index (χ4n) is 6.68. The van der Waals surface area contributed by atoms with Gasteiger partial charge >= 0.3 is 0 Å². The van der Waals surface area contributed by atoms with Gasteiger partial charge in [0.05, 0.1) is 34.5 Å². The van der Waals surface area contributed by atoms with E-state index >= 15 is 4.39 Å². The minimum absolute atomic E-state index is 0.00616. The van der Waals surface area contributed by atoms with Crippen LogP contribution in [0.1, 0.15) is 43.0 Å². The molecule has 1 unspecified atom stereocenters. The molecule has 9 nitrogen and oxygen atoms in total. The Bertz CT molecular complexity index is 1820. The number of amides is 1. The number of nitrogens with zero attached hydrogens (tertiary/aromatic N) is 7. The van der Waals surface area contributed by atoms with Crippen molar-refractivity contribution in [2.75, 3.05) is 0 Å². The highest BCUT2D eigenvalue weighted by atomic mass is 19.1. The minimum Gasteiger partial charge on any atom is -0.454 e. The molecule has 3 atom stereocenters. The van der Waals surface area contributed by atoms with E-state index in [1.165, 1.54) is 12.1 Å². The van der Waals surface area contributed by atoms with Crippen LogP contribution in [0.4, 0.5) is 4.39 Å². The van der Waals surface area contributed by atoms with Gasteiger partial charge in [0, 0.05) is 30.8 Å². The molecule has 10 heteroatoms. The largest absolute Gasteiger partial charge is 0.454 e. The average Bonchev–Trinajstić information content (AvgIpc) is 3.62. The summed E-state index contributed by atoms with van der Waals surface area (Å²) in [5.74, 6) is 0.193. The second-order valence-corrected chi connectivity index (χ2v) is 11.1. The van der Waals surface area contributed by atoms with Gasteiger partial charge in [-0.15, -0.1) is 0 Å². The van der Waals surface area contributed by atoms with E-state index in [0.717, 1.165) is 53.4 Å². The Morgan fingerprint density at radius 2 is 1.85 bits per heavy atom. The van der Waals surface area contributed by atoms with Crippen molar-refractivity contribution >= 4 is 28.0 Å². The first kappa shape index (κ1) is 25.4. The molecule has 2 saturated heterocycles. The summed E-state index contributed by atoms with van der Waals surface area (Å²) in [4.78, 5) is 27.9. The highest BCUT2D eigenvalue weighted by Gasteiger charge is 2.43. The maximum absolute atomic E-state index is 15.7. The molecule has 41 heavy (non-hydrogen) atoms. The summed E-state index contributed by atoms with van der Waals surface area (Å²) >= 11 is 0. The molecule has 0 N–H and O–H groups in total. The smallest absolute Gasteiger partial charge is 0.246 e. The Morgan fingerprint density at radius 3 is 2.59 bits per heavy atom. The van der Waals surface area contributed by atoms with Crippen LogP contribution in [0.5, 0.6) is 11.5 Å². The van der Waals surface area contributed by atoms with Gasteiger partial charge < -0.3 is 14.2 Å². The summed E-state index contributed by atoms with van der Waals surface area (Å²) in [6.45, 7) is 7.43. The van der Waals surface area contributed by atoms with E-state index in [1.807, 2.05) is 53.2 Å². The highest BCUT2D eigenvalue weighted by Crippen LogP contribution is 2.43. The molecule has 0 spiro atoms. The van der Waals surface area contributed by atoms with Crippen LogP contribution in [0.25, 0.3) is 33.3 Å². The van der Waals surface area contributed by atoms with Gasteiger partial charge in [-0.2, -0.15) is 5.10 Å². The van der Waals surface area contributed by atoms with Gasteiger partial charge in [-0.3, -0.25) is 4.79 Å². The van der Waals surface area contributed by atoms with Crippen molar-refractivity contribution in [2.45, 2.75) is 57.7 Å². The van der Waals surface area contributed by atoms with Crippen LogP contribution < -0.4 is 4.74 Å². The number of aromatic nitrogens is 6. The molecule has 0 saturated carbocycles. The average molecular weight is 552 g/mol. The monoisotopic (exact) mass is 551 g/mol. The molecule has 0 aliphatic carbocycles. The third-order valence-electron chi connectivity index (χ3n) is 8.58. The Hall–Kier alpha value is -4.60. The van der Waals surface area contributed by atoms with Crippen LogP contribution in [-0.4, -0.2) is 52.2 Å². The van der Waals surface area contributed by atoms with E-state index < -0.39 is 5.82 Å². The van der Waals surface area contributed by atoms with Gasteiger partial charge in [-0.25, -0.2) is 24.0 Å². The molecule has 2 aliphatic rings. The number of benzene rings is 2. The molecule has 2 aliphatic heterocycles. The van der Waals surface area contributed by atoms with Crippen molar-refractivity contribution < 1.29 is 13.9 Å². The van der Waals surface area contributed by atoms with Crippen molar-refractivity contribution in [3.63, 3.8) is 0 Å². The number of ether oxygens (including phenoxy) is 1. The number of rotatable bonds is 5. The van der Waals surface area contributed by atoms with E-state index in [9.17, 15) is 4.79 Å². The van der Waals surface area contributed by atoms with E-state index in [0.29, 0.717) is 22.6 Å². The second-order valence-electron chi connectivity index (χ2n) is 11.1. The van der Waals surface area contributed by atoms with Crippen LogP contribution in [-0.2, 0) is 11.8 Å². The fourth-order valence-corrected chi connectivity index (χ4v) is 6.68.